The maximum Gasteiger partial charge on any atom is 0.332 e. The summed E-state index contributed by atoms with van der Waals surface area (Å²) in [7, 11) is 0. The number of hydrogen-bond acceptors (Lipinski definition) is 5. The van der Waals surface area contributed by atoms with E-state index in [0.29, 0.717) is 21.5 Å². The Bertz CT molecular complexity index is 1610. The maximum absolute atomic E-state index is 13.5. The van der Waals surface area contributed by atoms with E-state index in [1.54, 1.807) is 60.7 Å². The minimum absolute atomic E-state index is 0.0570. The number of aromatic nitrogens is 4. The Morgan fingerprint density at radius 2 is 1.73 bits per heavy atom. The minimum atomic E-state index is -0.524. The van der Waals surface area contributed by atoms with Crippen molar-refractivity contribution in [2.45, 2.75) is 13.1 Å². The molecule has 0 aliphatic rings. The Hall–Kier alpha value is -4.04. The first-order valence-corrected chi connectivity index (χ1v) is 10.4. The van der Waals surface area contributed by atoms with Crippen LogP contribution in [0.3, 0.4) is 0 Å². The number of rotatable bonds is 5. The highest BCUT2D eigenvalue weighted by atomic mass is 35.5. The molecule has 0 radical (unpaired) electrons. The fraction of sp³-hybridized carbons (Fsp3) is 0.0833. The van der Waals surface area contributed by atoms with Crippen molar-refractivity contribution in [2.75, 3.05) is 0 Å². The van der Waals surface area contributed by atoms with Gasteiger partial charge in [-0.2, -0.15) is 4.98 Å². The SMILES string of the molecule is O=c1c2ccccc2n(Cc2nc(-c3cccc(F)c3)no2)c(=O)n1Cc1cccc(Cl)c1. The third-order valence-corrected chi connectivity index (χ3v) is 5.44. The summed E-state index contributed by atoms with van der Waals surface area (Å²) in [4.78, 5) is 30.8. The zero-order valence-electron chi connectivity index (χ0n) is 17.1. The Morgan fingerprint density at radius 1 is 0.909 bits per heavy atom. The van der Waals surface area contributed by atoms with Crippen molar-refractivity contribution in [1.29, 1.82) is 0 Å². The van der Waals surface area contributed by atoms with Gasteiger partial charge < -0.3 is 4.52 Å². The number of hydrogen-bond donors (Lipinski definition) is 0. The second kappa shape index (κ2) is 8.48. The zero-order chi connectivity index (χ0) is 22.9. The highest BCUT2D eigenvalue weighted by Gasteiger charge is 2.17. The molecule has 0 amide bonds. The lowest BCUT2D eigenvalue weighted by Gasteiger charge is -2.13. The molecule has 5 aromatic rings. The molecule has 0 aliphatic heterocycles. The summed E-state index contributed by atoms with van der Waals surface area (Å²) >= 11 is 6.07. The molecular formula is C24H16ClFN4O3. The first kappa shape index (κ1) is 20.8. The summed E-state index contributed by atoms with van der Waals surface area (Å²) < 4.78 is 21.4. The third kappa shape index (κ3) is 4.08. The first-order valence-electron chi connectivity index (χ1n) is 10.0. The van der Waals surface area contributed by atoms with E-state index >= 15 is 0 Å². The number of para-hydroxylation sites is 1. The Morgan fingerprint density at radius 3 is 2.55 bits per heavy atom. The third-order valence-electron chi connectivity index (χ3n) is 5.21. The van der Waals surface area contributed by atoms with Crippen LogP contribution in [0.25, 0.3) is 22.3 Å². The van der Waals surface area contributed by atoms with Crippen molar-refractivity contribution in [2.24, 2.45) is 0 Å². The summed E-state index contributed by atoms with van der Waals surface area (Å²) in [5.41, 5.74) is 0.685. The van der Waals surface area contributed by atoms with E-state index in [2.05, 4.69) is 10.1 Å². The molecule has 5 rings (SSSR count). The topological polar surface area (TPSA) is 82.9 Å². The minimum Gasteiger partial charge on any atom is -0.337 e. The van der Waals surface area contributed by atoms with Crippen LogP contribution >= 0.6 is 11.6 Å². The van der Waals surface area contributed by atoms with E-state index in [1.165, 1.54) is 16.7 Å². The largest absolute Gasteiger partial charge is 0.337 e. The van der Waals surface area contributed by atoms with Gasteiger partial charge in [-0.05, 0) is 42.0 Å². The van der Waals surface area contributed by atoms with Crippen molar-refractivity contribution < 1.29 is 8.91 Å². The van der Waals surface area contributed by atoms with Gasteiger partial charge >= 0.3 is 5.69 Å². The number of fused-ring (bicyclic) bond motifs is 1. The Balaban J connectivity index is 1.60. The van der Waals surface area contributed by atoms with Crippen molar-refractivity contribution in [1.82, 2.24) is 19.3 Å². The van der Waals surface area contributed by atoms with Gasteiger partial charge in [0.2, 0.25) is 11.7 Å². The predicted molar refractivity (Wildman–Crippen MR) is 122 cm³/mol. The molecule has 0 spiro atoms. The Labute approximate surface area is 191 Å². The van der Waals surface area contributed by atoms with Crippen LogP contribution in [0, 0.1) is 5.82 Å². The van der Waals surface area contributed by atoms with Crippen LogP contribution < -0.4 is 11.2 Å². The molecule has 0 unspecified atom stereocenters. The normalized spacial score (nSPS) is 11.2. The standard InChI is InChI=1S/C24H16ClFN4O3/c25-17-7-3-5-15(11-17)13-30-23(31)19-9-1-2-10-20(19)29(24(30)32)14-21-27-22(28-33-21)16-6-4-8-18(26)12-16/h1-12H,13-14H2. The van der Waals surface area contributed by atoms with E-state index in [1.807, 2.05) is 0 Å². The zero-order valence-corrected chi connectivity index (χ0v) is 17.9. The monoisotopic (exact) mass is 462 g/mol. The van der Waals surface area contributed by atoms with E-state index in [9.17, 15) is 14.0 Å². The van der Waals surface area contributed by atoms with Gasteiger partial charge in [0, 0.05) is 10.6 Å². The van der Waals surface area contributed by atoms with Crippen LogP contribution in [0.4, 0.5) is 4.39 Å². The van der Waals surface area contributed by atoms with Gasteiger partial charge in [-0.3, -0.25) is 13.9 Å². The lowest BCUT2D eigenvalue weighted by Crippen LogP contribution is -2.40. The molecule has 3 aromatic carbocycles. The van der Waals surface area contributed by atoms with Crippen LogP contribution in [-0.2, 0) is 13.1 Å². The van der Waals surface area contributed by atoms with Gasteiger partial charge in [0.25, 0.3) is 5.56 Å². The van der Waals surface area contributed by atoms with Crippen LogP contribution in [-0.4, -0.2) is 19.3 Å². The molecule has 7 nitrogen and oxygen atoms in total. The highest BCUT2D eigenvalue weighted by molar-refractivity contribution is 6.30. The first-order chi connectivity index (χ1) is 16.0. The van der Waals surface area contributed by atoms with Gasteiger partial charge in [-0.1, -0.05) is 53.2 Å². The average Bonchev–Trinajstić information content (AvgIpc) is 3.28. The van der Waals surface area contributed by atoms with Crippen LogP contribution in [0.5, 0.6) is 0 Å². The molecule has 0 bridgehead atoms. The fourth-order valence-corrected chi connectivity index (χ4v) is 3.89. The summed E-state index contributed by atoms with van der Waals surface area (Å²) in [5, 5.41) is 4.79. The lowest BCUT2D eigenvalue weighted by molar-refractivity contribution is 0.369. The molecule has 0 aliphatic carbocycles. The van der Waals surface area contributed by atoms with E-state index in [4.69, 9.17) is 16.1 Å². The summed E-state index contributed by atoms with van der Waals surface area (Å²) in [5.74, 6) is -0.0715. The number of nitrogens with zero attached hydrogens (tertiary/aromatic N) is 4. The van der Waals surface area contributed by atoms with Crippen LogP contribution in [0.1, 0.15) is 11.5 Å². The molecule has 0 saturated carbocycles. The molecular weight excluding hydrogens is 447 g/mol. The molecule has 0 fully saturated rings. The predicted octanol–water partition coefficient (Wildman–Crippen LogP) is 4.10. The molecule has 0 N–H and O–H groups in total. The molecule has 0 saturated heterocycles. The van der Waals surface area contributed by atoms with E-state index < -0.39 is 17.1 Å². The molecule has 164 valence electrons. The number of halogens is 2. The van der Waals surface area contributed by atoms with Crippen LogP contribution in [0.15, 0.2) is 86.9 Å². The smallest absolute Gasteiger partial charge is 0.332 e. The van der Waals surface area contributed by atoms with Crippen molar-refractivity contribution in [3.8, 4) is 11.4 Å². The van der Waals surface area contributed by atoms with Crippen molar-refractivity contribution >= 4 is 22.5 Å². The highest BCUT2D eigenvalue weighted by Crippen LogP contribution is 2.18. The maximum atomic E-state index is 13.5. The summed E-state index contributed by atoms with van der Waals surface area (Å²) in [6.07, 6.45) is 0. The van der Waals surface area contributed by atoms with Crippen LogP contribution in [0.2, 0.25) is 5.02 Å². The molecule has 0 atom stereocenters. The summed E-state index contributed by atoms with van der Waals surface area (Å²) in [6.45, 7) is -0.00107. The second-order valence-electron chi connectivity index (χ2n) is 7.43. The number of benzene rings is 3. The van der Waals surface area contributed by atoms with Gasteiger partial charge in [-0.25, -0.2) is 9.18 Å². The van der Waals surface area contributed by atoms with Crippen molar-refractivity contribution in [3.05, 3.63) is 116 Å². The Kier molecular flexibility index (Phi) is 5.35. The quantitative estimate of drug-likeness (QED) is 0.392. The molecule has 9 heteroatoms. The van der Waals surface area contributed by atoms with Gasteiger partial charge in [0.1, 0.15) is 12.4 Å². The van der Waals surface area contributed by atoms with E-state index in [0.717, 1.165) is 10.1 Å². The van der Waals surface area contributed by atoms with Crippen molar-refractivity contribution in [3.63, 3.8) is 0 Å². The second-order valence-corrected chi connectivity index (χ2v) is 7.87. The van der Waals surface area contributed by atoms with Gasteiger partial charge in [0.15, 0.2) is 0 Å². The lowest BCUT2D eigenvalue weighted by atomic mass is 10.2. The van der Waals surface area contributed by atoms with Gasteiger partial charge in [0.05, 0.1) is 17.4 Å². The molecule has 2 heterocycles. The summed E-state index contributed by atoms with van der Waals surface area (Å²) in [6, 6.07) is 19.6. The van der Waals surface area contributed by atoms with Gasteiger partial charge in [-0.15, -0.1) is 0 Å². The fourth-order valence-electron chi connectivity index (χ4n) is 3.68. The molecule has 33 heavy (non-hydrogen) atoms. The molecule has 2 aromatic heterocycles. The average molecular weight is 463 g/mol. The van der Waals surface area contributed by atoms with E-state index in [-0.39, 0.29) is 24.8 Å².